The molecule has 5 heteroatoms. The van der Waals surface area contributed by atoms with E-state index < -0.39 is 0 Å². The fourth-order valence-corrected chi connectivity index (χ4v) is 1.72. The summed E-state index contributed by atoms with van der Waals surface area (Å²) in [6.07, 6.45) is 0. The lowest BCUT2D eigenvalue weighted by molar-refractivity contribution is 0.0946. The van der Waals surface area contributed by atoms with Gasteiger partial charge in [-0.05, 0) is 29.7 Å². The SMILES string of the molecule is CC(C)c1cc(C(=O)NCc2ccc(C#N)cc2)n[nH]1. The molecule has 0 radical (unpaired) electrons. The van der Waals surface area contributed by atoms with Crippen LogP contribution in [-0.2, 0) is 6.54 Å². The molecule has 0 saturated carbocycles. The van der Waals surface area contributed by atoms with Gasteiger partial charge in [0.15, 0.2) is 0 Å². The Labute approximate surface area is 117 Å². The third-order valence-electron chi connectivity index (χ3n) is 2.99. The molecular formula is C15H16N4O. The Balaban J connectivity index is 1.95. The highest BCUT2D eigenvalue weighted by Gasteiger charge is 2.11. The van der Waals surface area contributed by atoms with E-state index in [4.69, 9.17) is 5.26 Å². The molecule has 2 N–H and O–H groups in total. The van der Waals surface area contributed by atoms with Crippen LogP contribution in [0.4, 0.5) is 0 Å². The summed E-state index contributed by atoms with van der Waals surface area (Å²) in [6.45, 7) is 4.48. The van der Waals surface area contributed by atoms with Gasteiger partial charge in [-0.3, -0.25) is 9.89 Å². The third-order valence-corrected chi connectivity index (χ3v) is 2.99. The fraction of sp³-hybridized carbons (Fsp3) is 0.267. The predicted octanol–water partition coefficient (Wildman–Crippen LogP) is 2.33. The molecule has 2 aromatic rings. The first-order chi connectivity index (χ1) is 9.60. The van der Waals surface area contributed by atoms with E-state index in [1.165, 1.54) is 0 Å². The van der Waals surface area contributed by atoms with Crippen molar-refractivity contribution in [2.24, 2.45) is 0 Å². The van der Waals surface area contributed by atoms with E-state index in [0.717, 1.165) is 11.3 Å². The highest BCUT2D eigenvalue weighted by atomic mass is 16.1. The van der Waals surface area contributed by atoms with Gasteiger partial charge in [0.05, 0.1) is 11.6 Å². The Morgan fingerprint density at radius 2 is 2.10 bits per heavy atom. The highest BCUT2D eigenvalue weighted by Crippen LogP contribution is 2.12. The Hall–Kier alpha value is -2.61. The first-order valence-corrected chi connectivity index (χ1v) is 6.42. The smallest absolute Gasteiger partial charge is 0.272 e. The van der Waals surface area contributed by atoms with Crippen molar-refractivity contribution in [3.8, 4) is 6.07 Å². The lowest BCUT2D eigenvalue weighted by Gasteiger charge is -2.03. The van der Waals surface area contributed by atoms with Crippen LogP contribution in [-0.4, -0.2) is 16.1 Å². The molecule has 102 valence electrons. The largest absolute Gasteiger partial charge is 0.347 e. The van der Waals surface area contributed by atoms with Crippen molar-refractivity contribution in [2.45, 2.75) is 26.3 Å². The normalized spacial score (nSPS) is 10.3. The summed E-state index contributed by atoms with van der Waals surface area (Å²) in [4.78, 5) is 11.9. The molecule has 1 aromatic carbocycles. The molecule has 0 aliphatic heterocycles. The van der Waals surface area contributed by atoms with Crippen LogP contribution in [0.2, 0.25) is 0 Å². The van der Waals surface area contributed by atoms with Gasteiger partial charge in [-0.15, -0.1) is 0 Å². The number of rotatable bonds is 4. The lowest BCUT2D eigenvalue weighted by Crippen LogP contribution is -2.23. The molecule has 0 unspecified atom stereocenters. The van der Waals surface area contributed by atoms with Crippen molar-refractivity contribution < 1.29 is 4.79 Å². The van der Waals surface area contributed by atoms with Gasteiger partial charge in [-0.1, -0.05) is 26.0 Å². The second kappa shape index (κ2) is 6.02. The minimum Gasteiger partial charge on any atom is -0.347 e. The predicted molar refractivity (Wildman–Crippen MR) is 75.0 cm³/mol. The van der Waals surface area contributed by atoms with Gasteiger partial charge in [-0.25, -0.2) is 0 Å². The molecule has 0 bridgehead atoms. The molecule has 2 rings (SSSR count). The number of benzene rings is 1. The van der Waals surface area contributed by atoms with Gasteiger partial charge in [0.1, 0.15) is 5.69 Å². The van der Waals surface area contributed by atoms with Crippen LogP contribution in [0.1, 0.15) is 47.1 Å². The van der Waals surface area contributed by atoms with E-state index in [1.807, 2.05) is 26.0 Å². The molecule has 1 heterocycles. The molecule has 0 aliphatic rings. The number of hydrogen-bond donors (Lipinski definition) is 2. The number of carbonyl (C=O) groups excluding carboxylic acids is 1. The number of carbonyl (C=O) groups is 1. The number of aromatic nitrogens is 2. The fourth-order valence-electron chi connectivity index (χ4n) is 1.72. The minimum absolute atomic E-state index is 0.211. The van der Waals surface area contributed by atoms with Crippen LogP contribution < -0.4 is 5.32 Å². The first-order valence-electron chi connectivity index (χ1n) is 6.42. The Morgan fingerprint density at radius 1 is 1.40 bits per heavy atom. The number of amides is 1. The first kappa shape index (κ1) is 13.8. The van der Waals surface area contributed by atoms with E-state index in [1.54, 1.807) is 18.2 Å². The number of nitriles is 1. The van der Waals surface area contributed by atoms with Crippen molar-refractivity contribution in [1.82, 2.24) is 15.5 Å². The molecule has 1 aromatic heterocycles. The minimum atomic E-state index is -0.211. The van der Waals surface area contributed by atoms with E-state index in [9.17, 15) is 4.79 Å². The molecule has 0 aliphatic carbocycles. The zero-order chi connectivity index (χ0) is 14.5. The van der Waals surface area contributed by atoms with Crippen LogP contribution in [0.3, 0.4) is 0 Å². The molecule has 0 saturated heterocycles. The van der Waals surface area contributed by atoms with Gasteiger partial charge in [-0.2, -0.15) is 10.4 Å². The average Bonchev–Trinajstić information content (AvgIpc) is 2.95. The summed E-state index contributed by atoms with van der Waals surface area (Å²) < 4.78 is 0. The maximum atomic E-state index is 11.9. The maximum absolute atomic E-state index is 11.9. The number of H-pyrrole nitrogens is 1. The van der Waals surface area contributed by atoms with Gasteiger partial charge in [0.2, 0.25) is 0 Å². The Kier molecular flexibility index (Phi) is 4.16. The van der Waals surface area contributed by atoms with Crippen LogP contribution in [0.25, 0.3) is 0 Å². The van der Waals surface area contributed by atoms with Crippen LogP contribution in [0.15, 0.2) is 30.3 Å². The molecule has 0 spiro atoms. The Morgan fingerprint density at radius 3 is 2.65 bits per heavy atom. The van der Waals surface area contributed by atoms with Crippen molar-refractivity contribution >= 4 is 5.91 Å². The monoisotopic (exact) mass is 268 g/mol. The van der Waals surface area contributed by atoms with E-state index in [0.29, 0.717) is 23.7 Å². The number of nitrogens with one attached hydrogen (secondary N) is 2. The molecule has 20 heavy (non-hydrogen) atoms. The zero-order valence-electron chi connectivity index (χ0n) is 11.5. The van der Waals surface area contributed by atoms with Crippen LogP contribution in [0.5, 0.6) is 0 Å². The van der Waals surface area contributed by atoms with Crippen molar-refractivity contribution in [1.29, 1.82) is 5.26 Å². The van der Waals surface area contributed by atoms with Crippen molar-refractivity contribution in [3.63, 3.8) is 0 Å². The topological polar surface area (TPSA) is 81.6 Å². The molecule has 0 atom stereocenters. The van der Waals surface area contributed by atoms with E-state index >= 15 is 0 Å². The highest BCUT2D eigenvalue weighted by molar-refractivity contribution is 5.92. The number of nitrogens with zero attached hydrogens (tertiary/aromatic N) is 2. The second-order valence-corrected chi connectivity index (χ2v) is 4.85. The van der Waals surface area contributed by atoms with Gasteiger partial charge in [0, 0.05) is 12.2 Å². The third kappa shape index (κ3) is 3.23. The van der Waals surface area contributed by atoms with Crippen molar-refractivity contribution in [2.75, 3.05) is 0 Å². The summed E-state index contributed by atoms with van der Waals surface area (Å²) in [5.74, 6) is 0.0973. The van der Waals surface area contributed by atoms with E-state index in [-0.39, 0.29) is 5.91 Å². The molecule has 0 fully saturated rings. The van der Waals surface area contributed by atoms with Crippen molar-refractivity contribution in [3.05, 3.63) is 52.8 Å². The standard InChI is InChI=1S/C15H16N4O/c1-10(2)13-7-14(19-18-13)15(20)17-9-12-5-3-11(8-16)4-6-12/h3-7,10H,9H2,1-2H3,(H,17,20)(H,18,19). The lowest BCUT2D eigenvalue weighted by atomic mass is 10.1. The maximum Gasteiger partial charge on any atom is 0.272 e. The molecule has 1 amide bonds. The van der Waals surface area contributed by atoms with E-state index in [2.05, 4.69) is 21.6 Å². The second-order valence-electron chi connectivity index (χ2n) is 4.85. The van der Waals surface area contributed by atoms with Crippen LogP contribution in [0, 0.1) is 11.3 Å². The molecular weight excluding hydrogens is 252 g/mol. The average molecular weight is 268 g/mol. The summed E-state index contributed by atoms with van der Waals surface area (Å²) in [6, 6.07) is 10.9. The van der Waals surface area contributed by atoms with Gasteiger partial charge < -0.3 is 5.32 Å². The van der Waals surface area contributed by atoms with Crippen LogP contribution >= 0.6 is 0 Å². The summed E-state index contributed by atoms with van der Waals surface area (Å²) >= 11 is 0. The summed E-state index contributed by atoms with van der Waals surface area (Å²) in [5, 5.41) is 18.4. The summed E-state index contributed by atoms with van der Waals surface area (Å²) in [7, 11) is 0. The Bertz CT molecular complexity index is 635. The number of hydrogen-bond acceptors (Lipinski definition) is 3. The van der Waals surface area contributed by atoms with Gasteiger partial charge >= 0.3 is 0 Å². The zero-order valence-corrected chi connectivity index (χ0v) is 11.5. The number of aromatic amines is 1. The summed E-state index contributed by atoms with van der Waals surface area (Å²) in [5.41, 5.74) is 2.88. The van der Waals surface area contributed by atoms with Gasteiger partial charge in [0.25, 0.3) is 5.91 Å². The molecule has 5 nitrogen and oxygen atoms in total. The quantitative estimate of drug-likeness (QED) is 0.892.